The van der Waals surface area contributed by atoms with Gasteiger partial charge < -0.3 is 10.1 Å². The summed E-state index contributed by atoms with van der Waals surface area (Å²) in [5, 5.41) is 5.90. The molecule has 1 N–H and O–H groups in total. The van der Waals surface area contributed by atoms with Gasteiger partial charge in [0, 0.05) is 8.04 Å². The van der Waals surface area contributed by atoms with Crippen LogP contribution in [-0.2, 0) is 11.3 Å². The summed E-state index contributed by atoms with van der Waals surface area (Å²) in [5.74, 6) is 0. The van der Waals surface area contributed by atoms with Crippen molar-refractivity contribution in [2.75, 3.05) is 13.1 Å². The highest BCUT2D eigenvalue weighted by Gasteiger charge is 2.14. The summed E-state index contributed by atoms with van der Waals surface area (Å²) < 4.78 is 8.48. The van der Waals surface area contributed by atoms with Crippen LogP contribution in [0.1, 0.15) is 18.4 Å². The fourth-order valence-corrected chi connectivity index (χ4v) is 3.71. The Morgan fingerprint density at radius 3 is 2.80 bits per heavy atom. The van der Waals surface area contributed by atoms with E-state index in [2.05, 4.69) is 74.2 Å². The summed E-state index contributed by atoms with van der Waals surface area (Å²) in [4.78, 5) is 0. The maximum atomic E-state index is 6.05. The van der Waals surface area contributed by atoms with Crippen molar-refractivity contribution in [3.05, 3.63) is 43.9 Å². The van der Waals surface area contributed by atoms with Crippen molar-refractivity contribution in [3.63, 3.8) is 0 Å². The van der Waals surface area contributed by atoms with Gasteiger partial charge in [-0.05, 0) is 92.9 Å². The Kier molecular flexibility index (Phi) is 4.96. The predicted molar refractivity (Wildman–Crippen MR) is 95.0 cm³/mol. The van der Waals surface area contributed by atoms with Crippen LogP contribution in [0, 0.1) is 3.57 Å². The topological polar surface area (TPSA) is 21.3 Å². The van der Waals surface area contributed by atoms with Crippen LogP contribution >= 0.6 is 38.5 Å². The van der Waals surface area contributed by atoms with E-state index in [-0.39, 0.29) is 0 Å². The van der Waals surface area contributed by atoms with Crippen LogP contribution in [0.2, 0.25) is 0 Å². The third-order valence-corrected chi connectivity index (χ3v) is 5.36. The molecule has 1 aliphatic rings. The Hall–Kier alpha value is -0.170. The molecule has 0 saturated carbocycles. The zero-order valence-corrected chi connectivity index (χ0v) is 14.9. The van der Waals surface area contributed by atoms with Gasteiger partial charge in [-0.3, -0.25) is 0 Å². The van der Waals surface area contributed by atoms with Crippen molar-refractivity contribution >= 4 is 49.3 Å². The van der Waals surface area contributed by atoms with Crippen molar-refractivity contribution in [3.8, 4) is 0 Å². The number of piperidine rings is 1. The van der Waals surface area contributed by atoms with E-state index in [1.807, 2.05) is 0 Å². The molecule has 0 unspecified atom stereocenters. The average Bonchev–Trinajstić information content (AvgIpc) is 2.47. The molecule has 1 fully saturated rings. The standard InChI is InChI=1S/C16H17BrINO/c17-16-12(10-20-14-5-7-19-8-6-14)2-1-11-9-13(18)3-4-15(11)16/h1-4,9,14,19H,5-8,10H2. The number of fused-ring (bicyclic) bond motifs is 1. The highest BCUT2D eigenvalue weighted by atomic mass is 127. The van der Waals surface area contributed by atoms with Gasteiger partial charge in [0.2, 0.25) is 0 Å². The molecule has 0 aliphatic carbocycles. The largest absolute Gasteiger partial charge is 0.373 e. The first-order chi connectivity index (χ1) is 9.74. The molecule has 20 heavy (non-hydrogen) atoms. The Balaban J connectivity index is 1.77. The lowest BCUT2D eigenvalue weighted by molar-refractivity contribution is 0.0210. The van der Waals surface area contributed by atoms with Gasteiger partial charge in [0.05, 0.1) is 12.7 Å². The second-order valence-corrected chi connectivity index (χ2v) is 7.20. The summed E-state index contributed by atoms with van der Waals surface area (Å²) in [5.41, 5.74) is 1.23. The predicted octanol–water partition coefficient (Wildman–Crippen LogP) is 4.48. The molecule has 2 aromatic carbocycles. The van der Waals surface area contributed by atoms with E-state index in [1.54, 1.807) is 0 Å². The summed E-state index contributed by atoms with van der Waals surface area (Å²) in [6.07, 6.45) is 2.63. The molecule has 2 aromatic rings. The number of halogens is 2. The third-order valence-electron chi connectivity index (χ3n) is 3.76. The highest BCUT2D eigenvalue weighted by Crippen LogP contribution is 2.29. The van der Waals surface area contributed by atoms with E-state index in [9.17, 15) is 0 Å². The van der Waals surface area contributed by atoms with E-state index in [1.165, 1.54) is 24.4 Å². The lowest BCUT2D eigenvalue weighted by atomic mass is 10.1. The third kappa shape index (κ3) is 3.35. The smallest absolute Gasteiger partial charge is 0.0731 e. The molecule has 1 saturated heterocycles. The minimum atomic E-state index is 0.399. The Labute approximate surface area is 141 Å². The van der Waals surface area contributed by atoms with E-state index in [0.29, 0.717) is 12.7 Å². The molecule has 0 radical (unpaired) electrons. The van der Waals surface area contributed by atoms with E-state index < -0.39 is 0 Å². The van der Waals surface area contributed by atoms with Gasteiger partial charge in [0.15, 0.2) is 0 Å². The molecule has 106 valence electrons. The second kappa shape index (κ2) is 6.73. The first kappa shape index (κ1) is 14.8. The number of nitrogens with one attached hydrogen (secondary N) is 1. The second-order valence-electron chi connectivity index (χ2n) is 5.16. The van der Waals surface area contributed by atoms with Gasteiger partial charge in [0.1, 0.15) is 0 Å². The summed E-state index contributed by atoms with van der Waals surface area (Å²) in [6, 6.07) is 10.9. The van der Waals surface area contributed by atoms with Crippen molar-refractivity contribution < 1.29 is 4.74 Å². The van der Waals surface area contributed by atoms with Gasteiger partial charge in [-0.25, -0.2) is 0 Å². The molecule has 1 heterocycles. The number of hydrogen-bond acceptors (Lipinski definition) is 2. The summed E-state index contributed by atoms with van der Waals surface area (Å²) >= 11 is 6.08. The quantitative estimate of drug-likeness (QED) is 0.703. The maximum Gasteiger partial charge on any atom is 0.0731 e. The summed E-state index contributed by atoms with van der Waals surface area (Å²) in [7, 11) is 0. The van der Waals surface area contributed by atoms with Crippen molar-refractivity contribution in [2.45, 2.75) is 25.6 Å². The Morgan fingerprint density at radius 2 is 2.00 bits per heavy atom. The molecule has 1 aliphatic heterocycles. The Bertz CT molecular complexity index is 611. The monoisotopic (exact) mass is 445 g/mol. The Morgan fingerprint density at radius 1 is 1.20 bits per heavy atom. The molecule has 0 bridgehead atoms. The molecule has 0 atom stereocenters. The zero-order chi connectivity index (χ0) is 13.9. The van der Waals surface area contributed by atoms with Crippen molar-refractivity contribution in [2.24, 2.45) is 0 Å². The minimum absolute atomic E-state index is 0.399. The maximum absolute atomic E-state index is 6.05. The van der Waals surface area contributed by atoms with Crippen molar-refractivity contribution in [1.29, 1.82) is 0 Å². The minimum Gasteiger partial charge on any atom is -0.373 e. The van der Waals surface area contributed by atoms with Gasteiger partial charge in [-0.1, -0.05) is 18.2 Å². The molecule has 2 nitrogen and oxygen atoms in total. The van der Waals surface area contributed by atoms with Crippen LogP contribution < -0.4 is 5.32 Å². The van der Waals surface area contributed by atoms with Crippen LogP contribution in [0.3, 0.4) is 0 Å². The van der Waals surface area contributed by atoms with Gasteiger partial charge in [0.25, 0.3) is 0 Å². The van der Waals surface area contributed by atoms with Gasteiger partial charge in [-0.2, -0.15) is 0 Å². The fourth-order valence-electron chi connectivity index (χ4n) is 2.59. The van der Waals surface area contributed by atoms with Crippen LogP contribution in [0.15, 0.2) is 34.8 Å². The van der Waals surface area contributed by atoms with Gasteiger partial charge >= 0.3 is 0 Å². The highest BCUT2D eigenvalue weighted by molar-refractivity contribution is 14.1. The van der Waals surface area contributed by atoms with E-state index >= 15 is 0 Å². The average molecular weight is 446 g/mol. The number of rotatable bonds is 3. The number of benzene rings is 2. The molecule has 0 amide bonds. The molecule has 3 rings (SSSR count). The fraction of sp³-hybridized carbons (Fsp3) is 0.375. The molecule has 4 heteroatoms. The molecule has 0 spiro atoms. The lowest BCUT2D eigenvalue weighted by Gasteiger charge is -2.23. The van der Waals surface area contributed by atoms with E-state index in [4.69, 9.17) is 4.74 Å². The number of ether oxygens (including phenoxy) is 1. The van der Waals surface area contributed by atoms with Gasteiger partial charge in [-0.15, -0.1) is 0 Å². The SMILES string of the molecule is Brc1c(COC2CCNCC2)ccc2cc(I)ccc12. The van der Waals surface area contributed by atoms with Crippen LogP contribution in [0.5, 0.6) is 0 Å². The first-order valence-electron chi connectivity index (χ1n) is 6.93. The van der Waals surface area contributed by atoms with E-state index in [0.717, 1.165) is 25.9 Å². The van der Waals surface area contributed by atoms with Crippen molar-refractivity contribution in [1.82, 2.24) is 5.32 Å². The molecular formula is C16H17BrINO. The molecular weight excluding hydrogens is 429 g/mol. The molecule has 0 aromatic heterocycles. The van der Waals surface area contributed by atoms with Crippen LogP contribution in [0.4, 0.5) is 0 Å². The van der Waals surface area contributed by atoms with Crippen LogP contribution in [-0.4, -0.2) is 19.2 Å². The summed E-state index contributed by atoms with van der Waals surface area (Å²) in [6.45, 7) is 2.83. The normalized spacial score (nSPS) is 16.7. The first-order valence-corrected chi connectivity index (χ1v) is 8.80. The number of hydrogen-bond donors (Lipinski definition) is 1. The van der Waals surface area contributed by atoms with Crippen LogP contribution in [0.25, 0.3) is 10.8 Å². The lowest BCUT2D eigenvalue weighted by Crippen LogP contribution is -2.32. The zero-order valence-electron chi connectivity index (χ0n) is 11.2.